The van der Waals surface area contributed by atoms with Crippen LogP contribution in [0.4, 0.5) is 18.9 Å². The topological polar surface area (TPSA) is 87.0 Å². The van der Waals surface area contributed by atoms with Crippen molar-refractivity contribution >= 4 is 23.8 Å². The van der Waals surface area contributed by atoms with E-state index in [9.17, 15) is 18.0 Å². The van der Waals surface area contributed by atoms with Crippen molar-refractivity contribution in [1.82, 2.24) is 14.7 Å². The zero-order valence-electron chi connectivity index (χ0n) is 22.1. The standard InChI is InChI=1S/C28H33F3N6O2/c1-34-6-8-36(9-7-34)14-19-10-22-23(24(11-19)28(29,30)31)15-37(26(22)38)21-5-3-4-20(12-21)27(16-39-17-27)13-25(33)35(2)18-32/h3-5,10-12,18,32-33H,6-9,13-17H2,1-2H3. The number of nitrogens with zero attached hydrogens (tertiary/aromatic N) is 4. The van der Waals surface area contributed by atoms with Gasteiger partial charge >= 0.3 is 6.18 Å². The normalized spacial score (nSPS) is 19.5. The third-order valence-electron chi connectivity index (χ3n) is 8.06. The molecular formula is C28H33F3N6O2. The number of ether oxygens (including phenoxy) is 1. The summed E-state index contributed by atoms with van der Waals surface area (Å²) in [4.78, 5) is 20.7. The van der Waals surface area contributed by atoms with Gasteiger partial charge in [-0.15, -0.1) is 0 Å². The SMILES string of the molecule is CN1CCN(Cc2cc3c(c(C(F)(F)F)c2)CN(c2cccc(C4(CC(=N)N(C)C=N)COC4)c2)C3=O)CC1. The molecule has 2 aromatic rings. The number of carbonyl (C=O) groups is 1. The first kappa shape index (κ1) is 27.3. The van der Waals surface area contributed by atoms with E-state index in [0.717, 1.165) is 38.1 Å². The van der Waals surface area contributed by atoms with Crippen LogP contribution in [0.25, 0.3) is 0 Å². The van der Waals surface area contributed by atoms with Gasteiger partial charge in [0, 0.05) is 62.9 Å². The average molecular weight is 543 g/mol. The molecule has 2 saturated heterocycles. The minimum Gasteiger partial charge on any atom is -0.379 e. The van der Waals surface area contributed by atoms with Crippen molar-refractivity contribution in [3.05, 3.63) is 64.2 Å². The maximum absolute atomic E-state index is 14.2. The number of nitrogens with one attached hydrogen (secondary N) is 2. The van der Waals surface area contributed by atoms with Gasteiger partial charge in [-0.3, -0.25) is 20.5 Å². The number of carbonyl (C=O) groups excluding carboxylic acids is 1. The number of likely N-dealkylation sites (N-methyl/N-ethyl adjacent to an activating group) is 1. The summed E-state index contributed by atoms with van der Waals surface area (Å²) in [6.07, 6.45) is -3.17. The second-order valence-corrected chi connectivity index (χ2v) is 10.8. The van der Waals surface area contributed by atoms with E-state index >= 15 is 0 Å². The summed E-state index contributed by atoms with van der Waals surface area (Å²) in [5, 5.41) is 15.7. The molecule has 2 aromatic carbocycles. The summed E-state index contributed by atoms with van der Waals surface area (Å²) >= 11 is 0. The number of alkyl halides is 3. The number of amidine groups is 1. The van der Waals surface area contributed by atoms with E-state index in [-0.39, 0.29) is 23.5 Å². The maximum atomic E-state index is 14.2. The second kappa shape index (κ2) is 10.4. The lowest BCUT2D eigenvalue weighted by atomic mass is 9.75. The molecule has 3 aliphatic rings. The molecule has 3 heterocycles. The van der Waals surface area contributed by atoms with Crippen molar-refractivity contribution in [1.29, 1.82) is 10.8 Å². The Morgan fingerprint density at radius 1 is 1.15 bits per heavy atom. The lowest BCUT2D eigenvalue weighted by Gasteiger charge is -2.43. The van der Waals surface area contributed by atoms with Crippen LogP contribution in [0.2, 0.25) is 0 Å². The molecule has 208 valence electrons. The lowest BCUT2D eigenvalue weighted by molar-refractivity contribution is -0.138. The number of hydrogen-bond donors (Lipinski definition) is 2. The maximum Gasteiger partial charge on any atom is 0.416 e. The van der Waals surface area contributed by atoms with Gasteiger partial charge in [0.1, 0.15) is 5.84 Å². The van der Waals surface area contributed by atoms with Crippen LogP contribution in [0.1, 0.15) is 39.0 Å². The molecule has 0 saturated carbocycles. The van der Waals surface area contributed by atoms with E-state index in [4.69, 9.17) is 15.6 Å². The van der Waals surface area contributed by atoms with Crippen molar-refractivity contribution in [2.75, 3.05) is 58.4 Å². The molecule has 39 heavy (non-hydrogen) atoms. The second-order valence-electron chi connectivity index (χ2n) is 10.8. The molecule has 5 rings (SSSR count). The molecule has 0 atom stereocenters. The largest absolute Gasteiger partial charge is 0.416 e. The Balaban J connectivity index is 1.44. The monoisotopic (exact) mass is 542 g/mol. The van der Waals surface area contributed by atoms with E-state index in [2.05, 4.69) is 9.80 Å². The van der Waals surface area contributed by atoms with Gasteiger partial charge in [-0.25, -0.2) is 0 Å². The molecule has 8 nitrogen and oxygen atoms in total. The highest BCUT2D eigenvalue weighted by Gasteiger charge is 2.43. The summed E-state index contributed by atoms with van der Waals surface area (Å²) in [6, 6.07) is 10.1. The van der Waals surface area contributed by atoms with Crippen LogP contribution < -0.4 is 4.90 Å². The summed E-state index contributed by atoms with van der Waals surface area (Å²) in [6.45, 7) is 4.20. The van der Waals surface area contributed by atoms with Gasteiger partial charge in [0.15, 0.2) is 0 Å². The number of hydrogen-bond acceptors (Lipinski definition) is 6. The molecule has 0 aliphatic carbocycles. The van der Waals surface area contributed by atoms with E-state index in [1.54, 1.807) is 25.2 Å². The Morgan fingerprint density at radius 3 is 2.49 bits per heavy atom. The molecular weight excluding hydrogens is 509 g/mol. The smallest absolute Gasteiger partial charge is 0.379 e. The lowest BCUT2D eigenvalue weighted by Crippen LogP contribution is -2.49. The molecule has 3 aliphatic heterocycles. The molecule has 0 unspecified atom stereocenters. The van der Waals surface area contributed by atoms with Crippen LogP contribution in [0, 0.1) is 10.8 Å². The predicted octanol–water partition coefficient (Wildman–Crippen LogP) is 3.79. The zero-order chi connectivity index (χ0) is 27.9. The zero-order valence-corrected chi connectivity index (χ0v) is 22.1. The number of amides is 1. The summed E-state index contributed by atoms with van der Waals surface area (Å²) in [7, 11) is 3.66. The molecule has 0 spiro atoms. The van der Waals surface area contributed by atoms with E-state index in [1.807, 2.05) is 19.2 Å². The van der Waals surface area contributed by atoms with E-state index in [1.165, 1.54) is 15.9 Å². The number of rotatable bonds is 7. The van der Waals surface area contributed by atoms with Crippen molar-refractivity contribution in [2.24, 2.45) is 0 Å². The van der Waals surface area contributed by atoms with Gasteiger partial charge in [0.2, 0.25) is 0 Å². The molecule has 2 fully saturated rings. The highest BCUT2D eigenvalue weighted by molar-refractivity contribution is 6.10. The van der Waals surface area contributed by atoms with Gasteiger partial charge in [0.25, 0.3) is 5.91 Å². The van der Waals surface area contributed by atoms with Crippen LogP contribution in [0.15, 0.2) is 36.4 Å². The van der Waals surface area contributed by atoms with Crippen molar-refractivity contribution in [3.8, 4) is 0 Å². The van der Waals surface area contributed by atoms with Crippen molar-refractivity contribution < 1.29 is 22.7 Å². The van der Waals surface area contributed by atoms with E-state index in [0.29, 0.717) is 37.4 Å². The quantitative estimate of drug-likeness (QED) is 0.411. The minimum atomic E-state index is -4.57. The molecule has 0 bridgehead atoms. The third kappa shape index (κ3) is 5.30. The molecule has 0 radical (unpaired) electrons. The van der Waals surface area contributed by atoms with Crippen LogP contribution >= 0.6 is 0 Å². The first-order chi connectivity index (χ1) is 18.5. The van der Waals surface area contributed by atoms with E-state index < -0.39 is 23.1 Å². The Bertz CT molecular complexity index is 1280. The van der Waals surface area contributed by atoms with Gasteiger partial charge in [-0.05, 0) is 48.0 Å². The fraction of sp³-hybridized carbons (Fsp3) is 0.464. The Kier molecular flexibility index (Phi) is 7.25. The molecule has 2 N–H and O–H groups in total. The Morgan fingerprint density at radius 2 is 1.87 bits per heavy atom. The minimum absolute atomic E-state index is 0.0103. The van der Waals surface area contributed by atoms with Crippen LogP contribution in [-0.2, 0) is 29.4 Å². The van der Waals surface area contributed by atoms with Crippen molar-refractivity contribution in [2.45, 2.75) is 31.1 Å². The Labute approximate surface area is 225 Å². The molecule has 0 aromatic heterocycles. The molecule has 1 amide bonds. The van der Waals surface area contributed by atoms with Crippen LogP contribution in [-0.4, -0.2) is 86.3 Å². The first-order valence-corrected chi connectivity index (χ1v) is 13.0. The summed E-state index contributed by atoms with van der Waals surface area (Å²) in [5.41, 5.74) is 0.738. The third-order valence-corrected chi connectivity index (χ3v) is 8.06. The molecule has 11 heteroatoms. The highest BCUT2D eigenvalue weighted by atomic mass is 19.4. The Hall–Kier alpha value is -3.28. The number of halogens is 3. The van der Waals surface area contributed by atoms with Crippen molar-refractivity contribution in [3.63, 3.8) is 0 Å². The number of fused-ring (bicyclic) bond motifs is 1. The highest BCUT2D eigenvalue weighted by Crippen LogP contribution is 2.42. The first-order valence-electron chi connectivity index (χ1n) is 13.0. The number of anilines is 1. The number of benzene rings is 2. The van der Waals surface area contributed by atoms with Crippen LogP contribution in [0.5, 0.6) is 0 Å². The average Bonchev–Trinajstić information content (AvgIpc) is 3.22. The van der Waals surface area contributed by atoms with Crippen LogP contribution in [0.3, 0.4) is 0 Å². The predicted molar refractivity (Wildman–Crippen MR) is 143 cm³/mol. The van der Waals surface area contributed by atoms with Gasteiger partial charge in [-0.2, -0.15) is 13.2 Å². The van der Waals surface area contributed by atoms with Gasteiger partial charge in [0.05, 0.1) is 31.7 Å². The fourth-order valence-electron chi connectivity index (χ4n) is 5.53. The summed E-state index contributed by atoms with van der Waals surface area (Å²) in [5.74, 6) is -0.186. The fourth-order valence-corrected chi connectivity index (χ4v) is 5.53. The van der Waals surface area contributed by atoms with Gasteiger partial charge < -0.3 is 19.4 Å². The summed E-state index contributed by atoms with van der Waals surface area (Å²) < 4.78 is 48.1. The number of piperazine rings is 1. The van der Waals surface area contributed by atoms with Gasteiger partial charge in [-0.1, -0.05) is 12.1 Å².